The van der Waals surface area contributed by atoms with Crippen molar-refractivity contribution in [1.82, 2.24) is 0 Å². The summed E-state index contributed by atoms with van der Waals surface area (Å²) in [5.41, 5.74) is 3.33. The second-order valence-electron chi connectivity index (χ2n) is 5.40. The number of rotatable bonds is 2. The SMILES string of the molecule is C=C1CC(C)(C)C=C(c2ccccc2)C1C=O. The van der Waals surface area contributed by atoms with Gasteiger partial charge in [-0.25, -0.2) is 0 Å². The van der Waals surface area contributed by atoms with Gasteiger partial charge < -0.3 is 4.79 Å². The highest BCUT2D eigenvalue weighted by molar-refractivity contribution is 5.85. The highest BCUT2D eigenvalue weighted by Gasteiger charge is 2.30. The molecule has 0 radical (unpaired) electrons. The summed E-state index contributed by atoms with van der Waals surface area (Å²) < 4.78 is 0. The minimum atomic E-state index is -0.148. The molecule has 2 rings (SSSR count). The van der Waals surface area contributed by atoms with Gasteiger partial charge in [0.25, 0.3) is 0 Å². The lowest BCUT2D eigenvalue weighted by Gasteiger charge is -2.33. The predicted octanol–water partition coefficient (Wildman–Crippen LogP) is 3.87. The van der Waals surface area contributed by atoms with Crippen molar-refractivity contribution in [2.75, 3.05) is 0 Å². The van der Waals surface area contributed by atoms with Crippen LogP contribution in [0.5, 0.6) is 0 Å². The number of aldehydes is 1. The number of benzene rings is 1. The average molecular weight is 226 g/mol. The molecular formula is C16H18O. The fraction of sp³-hybridized carbons (Fsp3) is 0.312. The molecule has 1 aromatic carbocycles. The Hall–Kier alpha value is -1.63. The second-order valence-corrected chi connectivity index (χ2v) is 5.40. The van der Waals surface area contributed by atoms with Crippen LogP contribution < -0.4 is 0 Å². The van der Waals surface area contributed by atoms with Crippen molar-refractivity contribution in [1.29, 1.82) is 0 Å². The first-order chi connectivity index (χ1) is 8.03. The highest BCUT2D eigenvalue weighted by Crippen LogP contribution is 2.42. The fourth-order valence-corrected chi connectivity index (χ4v) is 2.54. The van der Waals surface area contributed by atoms with E-state index in [9.17, 15) is 4.79 Å². The van der Waals surface area contributed by atoms with E-state index in [1.807, 2.05) is 18.2 Å². The van der Waals surface area contributed by atoms with Crippen molar-refractivity contribution in [2.24, 2.45) is 11.3 Å². The van der Waals surface area contributed by atoms with Crippen LogP contribution in [0, 0.1) is 11.3 Å². The van der Waals surface area contributed by atoms with Crippen LogP contribution in [0.15, 0.2) is 48.6 Å². The number of carbonyl (C=O) groups excluding carboxylic acids is 1. The average Bonchev–Trinajstić information content (AvgIpc) is 2.28. The molecule has 0 spiro atoms. The molecule has 0 heterocycles. The molecule has 1 heteroatoms. The zero-order valence-electron chi connectivity index (χ0n) is 10.4. The van der Waals surface area contributed by atoms with E-state index in [1.54, 1.807) is 0 Å². The van der Waals surface area contributed by atoms with Gasteiger partial charge in [-0.15, -0.1) is 0 Å². The topological polar surface area (TPSA) is 17.1 Å². The molecule has 1 aliphatic rings. The Kier molecular flexibility index (Phi) is 3.01. The molecule has 1 nitrogen and oxygen atoms in total. The van der Waals surface area contributed by atoms with Crippen LogP contribution in [0.4, 0.5) is 0 Å². The van der Waals surface area contributed by atoms with Crippen LogP contribution >= 0.6 is 0 Å². The Morgan fingerprint density at radius 2 is 1.94 bits per heavy atom. The van der Waals surface area contributed by atoms with Gasteiger partial charge in [-0.1, -0.05) is 62.4 Å². The maximum atomic E-state index is 11.3. The van der Waals surface area contributed by atoms with Crippen LogP contribution in [0.2, 0.25) is 0 Å². The summed E-state index contributed by atoms with van der Waals surface area (Å²) in [6.45, 7) is 8.43. The molecule has 0 amide bonds. The van der Waals surface area contributed by atoms with Crippen LogP contribution in [0.1, 0.15) is 25.8 Å². The third-order valence-electron chi connectivity index (χ3n) is 3.25. The van der Waals surface area contributed by atoms with Crippen molar-refractivity contribution < 1.29 is 4.79 Å². The van der Waals surface area contributed by atoms with Crippen molar-refractivity contribution in [3.05, 3.63) is 54.1 Å². The molecular weight excluding hydrogens is 208 g/mol. The minimum absolute atomic E-state index is 0.0851. The van der Waals surface area contributed by atoms with Gasteiger partial charge in [-0.3, -0.25) is 0 Å². The predicted molar refractivity (Wildman–Crippen MR) is 71.5 cm³/mol. The summed E-state index contributed by atoms with van der Waals surface area (Å²) in [4.78, 5) is 11.3. The summed E-state index contributed by atoms with van der Waals surface area (Å²) in [6, 6.07) is 10.1. The van der Waals surface area contributed by atoms with E-state index in [0.29, 0.717) is 0 Å². The van der Waals surface area contributed by atoms with Gasteiger partial charge in [0.15, 0.2) is 0 Å². The van der Waals surface area contributed by atoms with Gasteiger partial charge in [0.05, 0.1) is 5.92 Å². The van der Waals surface area contributed by atoms with E-state index in [0.717, 1.165) is 29.4 Å². The van der Waals surface area contributed by atoms with Crippen LogP contribution in [0.25, 0.3) is 5.57 Å². The Labute approximate surface area is 103 Å². The maximum Gasteiger partial charge on any atom is 0.131 e. The molecule has 88 valence electrons. The van der Waals surface area contributed by atoms with Gasteiger partial charge >= 0.3 is 0 Å². The van der Waals surface area contributed by atoms with Crippen molar-refractivity contribution in [2.45, 2.75) is 20.3 Å². The van der Waals surface area contributed by atoms with Crippen LogP contribution in [0.3, 0.4) is 0 Å². The Balaban J connectivity index is 2.51. The first-order valence-corrected chi connectivity index (χ1v) is 5.95. The zero-order chi connectivity index (χ0) is 12.5. The number of allylic oxidation sites excluding steroid dienone is 3. The fourth-order valence-electron chi connectivity index (χ4n) is 2.54. The van der Waals surface area contributed by atoms with E-state index < -0.39 is 0 Å². The van der Waals surface area contributed by atoms with E-state index in [2.05, 4.69) is 38.6 Å². The van der Waals surface area contributed by atoms with Crippen molar-refractivity contribution >= 4 is 11.9 Å². The van der Waals surface area contributed by atoms with Crippen LogP contribution in [-0.2, 0) is 4.79 Å². The van der Waals surface area contributed by atoms with E-state index in [-0.39, 0.29) is 11.3 Å². The number of carbonyl (C=O) groups is 1. The third-order valence-corrected chi connectivity index (χ3v) is 3.25. The standard InChI is InChI=1S/C16H18O/c1-12-9-16(2,3)10-14(15(12)11-17)13-7-5-4-6-8-13/h4-8,10-11,15H,1,9H2,2-3H3. The molecule has 0 fully saturated rings. The van der Waals surface area contributed by atoms with Gasteiger partial charge in [0.1, 0.15) is 6.29 Å². The molecule has 0 bridgehead atoms. The molecule has 0 N–H and O–H groups in total. The Morgan fingerprint density at radius 3 is 2.53 bits per heavy atom. The van der Waals surface area contributed by atoms with Gasteiger partial charge in [-0.05, 0) is 23.0 Å². The van der Waals surface area contributed by atoms with Crippen LogP contribution in [-0.4, -0.2) is 6.29 Å². The lowest BCUT2D eigenvalue weighted by Crippen LogP contribution is -2.22. The summed E-state index contributed by atoms with van der Waals surface area (Å²) in [5.74, 6) is -0.148. The molecule has 17 heavy (non-hydrogen) atoms. The molecule has 0 saturated carbocycles. The minimum Gasteiger partial charge on any atom is -0.302 e. The molecule has 0 aromatic heterocycles. The zero-order valence-corrected chi connectivity index (χ0v) is 10.4. The second kappa shape index (κ2) is 4.33. The smallest absolute Gasteiger partial charge is 0.131 e. The summed E-state index contributed by atoms with van der Waals surface area (Å²) in [5, 5.41) is 0. The third kappa shape index (κ3) is 2.38. The van der Waals surface area contributed by atoms with Crippen molar-refractivity contribution in [3.8, 4) is 0 Å². The maximum absolute atomic E-state index is 11.3. The first-order valence-electron chi connectivity index (χ1n) is 5.95. The van der Waals surface area contributed by atoms with Gasteiger partial charge in [-0.2, -0.15) is 0 Å². The van der Waals surface area contributed by atoms with Gasteiger partial charge in [0.2, 0.25) is 0 Å². The molecule has 1 unspecified atom stereocenters. The monoisotopic (exact) mass is 226 g/mol. The van der Waals surface area contributed by atoms with Crippen molar-refractivity contribution in [3.63, 3.8) is 0 Å². The summed E-state index contributed by atoms with van der Waals surface area (Å²) >= 11 is 0. The normalized spacial score (nSPS) is 23.1. The first kappa shape index (κ1) is 11.8. The molecule has 1 atom stereocenters. The number of hydrogen-bond acceptors (Lipinski definition) is 1. The molecule has 0 aliphatic heterocycles. The quantitative estimate of drug-likeness (QED) is 0.552. The Bertz CT molecular complexity index is 466. The molecule has 1 aliphatic carbocycles. The summed E-state index contributed by atoms with van der Waals surface area (Å²) in [6.07, 6.45) is 4.11. The van der Waals surface area contributed by atoms with E-state index in [1.165, 1.54) is 0 Å². The lowest BCUT2D eigenvalue weighted by molar-refractivity contribution is -0.109. The van der Waals surface area contributed by atoms with E-state index >= 15 is 0 Å². The van der Waals surface area contributed by atoms with E-state index in [4.69, 9.17) is 0 Å². The largest absolute Gasteiger partial charge is 0.302 e. The molecule has 0 saturated heterocycles. The van der Waals surface area contributed by atoms with Gasteiger partial charge in [0, 0.05) is 0 Å². The highest BCUT2D eigenvalue weighted by atomic mass is 16.1. The molecule has 1 aromatic rings. The summed E-state index contributed by atoms with van der Waals surface area (Å²) in [7, 11) is 0. The number of hydrogen-bond donors (Lipinski definition) is 0. The lowest BCUT2D eigenvalue weighted by atomic mass is 9.71. The Morgan fingerprint density at radius 1 is 1.29 bits per heavy atom.